The number of thiophene rings is 1. The van der Waals surface area contributed by atoms with Crippen molar-refractivity contribution in [3.8, 4) is 0 Å². The van der Waals surface area contributed by atoms with Crippen LogP contribution in [0.1, 0.15) is 53.9 Å². The lowest BCUT2D eigenvalue weighted by atomic mass is 10.0. The Balaban J connectivity index is 1.53. The SMILES string of the molecule is O=C1CC(C(=O)NCc2sc3c(c2C(=O)O)CCOC3)c2ccccc21. The molecule has 2 heterocycles. The minimum atomic E-state index is -0.977. The molecule has 26 heavy (non-hydrogen) atoms. The van der Waals surface area contributed by atoms with Gasteiger partial charge in [0, 0.05) is 21.7 Å². The number of carboxylic acids is 1. The van der Waals surface area contributed by atoms with E-state index in [0.717, 1.165) is 16.0 Å². The highest BCUT2D eigenvalue weighted by Crippen LogP contribution is 2.34. The van der Waals surface area contributed by atoms with Gasteiger partial charge in [0.25, 0.3) is 0 Å². The molecule has 1 atom stereocenters. The van der Waals surface area contributed by atoms with Crippen molar-refractivity contribution < 1.29 is 24.2 Å². The van der Waals surface area contributed by atoms with Crippen LogP contribution in [0.3, 0.4) is 0 Å². The molecule has 6 nitrogen and oxygen atoms in total. The highest BCUT2D eigenvalue weighted by molar-refractivity contribution is 7.12. The van der Waals surface area contributed by atoms with Crippen molar-refractivity contribution in [3.05, 3.63) is 56.3 Å². The molecule has 134 valence electrons. The van der Waals surface area contributed by atoms with Crippen LogP contribution in [0.15, 0.2) is 24.3 Å². The number of fused-ring (bicyclic) bond motifs is 2. The van der Waals surface area contributed by atoms with Crippen LogP contribution in [0, 0.1) is 0 Å². The van der Waals surface area contributed by atoms with E-state index < -0.39 is 11.9 Å². The Kier molecular flexibility index (Phi) is 4.34. The molecule has 1 aliphatic carbocycles. The van der Waals surface area contributed by atoms with Gasteiger partial charge < -0.3 is 15.2 Å². The number of carbonyl (C=O) groups excluding carboxylic acids is 2. The van der Waals surface area contributed by atoms with Crippen LogP contribution in [-0.2, 0) is 29.1 Å². The van der Waals surface area contributed by atoms with E-state index >= 15 is 0 Å². The lowest BCUT2D eigenvalue weighted by molar-refractivity contribution is -0.122. The number of carboxylic acid groups (broad SMARTS) is 1. The molecular formula is C19H17NO5S. The van der Waals surface area contributed by atoms with Gasteiger partial charge in [-0.25, -0.2) is 4.79 Å². The molecular weight excluding hydrogens is 354 g/mol. The van der Waals surface area contributed by atoms with Crippen LogP contribution < -0.4 is 5.32 Å². The first-order valence-corrected chi connectivity index (χ1v) is 9.22. The van der Waals surface area contributed by atoms with Gasteiger partial charge in [0.05, 0.1) is 31.2 Å². The number of benzene rings is 1. The highest BCUT2D eigenvalue weighted by atomic mass is 32.1. The average Bonchev–Trinajstić information content (AvgIpc) is 3.18. The van der Waals surface area contributed by atoms with E-state index in [9.17, 15) is 19.5 Å². The van der Waals surface area contributed by atoms with E-state index in [4.69, 9.17) is 4.74 Å². The first kappa shape index (κ1) is 16.9. The van der Waals surface area contributed by atoms with Crippen molar-refractivity contribution in [2.75, 3.05) is 6.61 Å². The Morgan fingerprint density at radius 1 is 1.31 bits per heavy atom. The maximum Gasteiger partial charge on any atom is 0.337 e. The van der Waals surface area contributed by atoms with E-state index in [1.165, 1.54) is 11.3 Å². The summed E-state index contributed by atoms with van der Waals surface area (Å²) in [6, 6.07) is 7.14. The van der Waals surface area contributed by atoms with E-state index in [2.05, 4.69) is 5.32 Å². The lowest BCUT2D eigenvalue weighted by Gasteiger charge is -2.12. The van der Waals surface area contributed by atoms with Crippen molar-refractivity contribution in [3.63, 3.8) is 0 Å². The van der Waals surface area contributed by atoms with Gasteiger partial charge in [-0.2, -0.15) is 0 Å². The van der Waals surface area contributed by atoms with Gasteiger partial charge in [0.15, 0.2) is 5.78 Å². The summed E-state index contributed by atoms with van der Waals surface area (Å²) in [5.74, 6) is -1.77. The topological polar surface area (TPSA) is 92.7 Å². The summed E-state index contributed by atoms with van der Waals surface area (Å²) in [6.45, 7) is 1.07. The summed E-state index contributed by atoms with van der Waals surface area (Å²) in [6.07, 6.45) is 0.734. The number of Topliss-reactive ketones (excluding diaryl/α,β-unsaturated/α-hetero) is 1. The molecule has 4 rings (SSSR count). The van der Waals surface area contributed by atoms with Crippen molar-refractivity contribution in [1.82, 2.24) is 5.32 Å². The predicted molar refractivity (Wildman–Crippen MR) is 94.6 cm³/mol. The highest BCUT2D eigenvalue weighted by Gasteiger charge is 2.34. The van der Waals surface area contributed by atoms with Crippen LogP contribution in [-0.4, -0.2) is 29.4 Å². The Labute approximate surface area is 153 Å². The van der Waals surface area contributed by atoms with Crippen molar-refractivity contribution in [2.24, 2.45) is 0 Å². The van der Waals surface area contributed by atoms with E-state index in [1.54, 1.807) is 18.2 Å². The molecule has 1 unspecified atom stereocenters. The van der Waals surface area contributed by atoms with E-state index in [0.29, 0.717) is 30.1 Å². The Morgan fingerprint density at radius 2 is 2.12 bits per heavy atom. The van der Waals surface area contributed by atoms with Gasteiger partial charge in [-0.15, -0.1) is 11.3 Å². The van der Waals surface area contributed by atoms with E-state index in [-0.39, 0.29) is 30.2 Å². The largest absolute Gasteiger partial charge is 0.478 e. The fraction of sp³-hybridized carbons (Fsp3) is 0.316. The molecule has 7 heteroatoms. The number of amides is 1. The smallest absolute Gasteiger partial charge is 0.337 e. The molecule has 1 aliphatic heterocycles. The number of hydrogen-bond acceptors (Lipinski definition) is 5. The molecule has 0 saturated heterocycles. The lowest BCUT2D eigenvalue weighted by Crippen LogP contribution is -2.28. The average molecular weight is 371 g/mol. The molecule has 0 saturated carbocycles. The third kappa shape index (κ3) is 2.83. The molecule has 1 amide bonds. The second-order valence-electron chi connectivity index (χ2n) is 6.39. The van der Waals surface area contributed by atoms with Crippen LogP contribution in [0.25, 0.3) is 0 Å². The Hall–Kier alpha value is -2.51. The van der Waals surface area contributed by atoms with E-state index in [1.807, 2.05) is 6.07 Å². The summed E-state index contributed by atoms with van der Waals surface area (Å²) in [5, 5.41) is 12.4. The van der Waals surface area contributed by atoms with Crippen LogP contribution in [0.4, 0.5) is 0 Å². The molecule has 2 aromatic rings. The second-order valence-corrected chi connectivity index (χ2v) is 7.58. The summed E-state index contributed by atoms with van der Waals surface area (Å²) >= 11 is 1.37. The van der Waals surface area contributed by atoms with Gasteiger partial charge in [-0.3, -0.25) is 9.59 Å². The first-order valence-electron chi connectivity index (χ1n) is 8.40. The molecule has 1 aromatic carbocycles. The fourth-order valence-electron chi connectivity index (χ4n) is 3.65. The Morgan fingerprint density at radius 3 is 2.92 bits per heavy atom. The molecule has 0 spiro atoms. The number of carbonyl (C=O) groups is 3. The van der Waals surface area contributed by atoms with Gasteiger partial charge in [0.1, 0.15) is 0 Å². The molecule has 1 aromatic heterocycles. The van der Waals surface area contributed by atoms with Crippen molar-refractivity contribution in [2.45, 2.75) is 31.9 Å². The molecule has 0 radical (unpaired) electrons. The van der Waals surface area contributed by atoms with Gasteiger partial charge in [0.2, 0.25) is 5.91 Å². The number of ketones is 1. The standard InChI is InChI=1S/C19H17NO5S/c21-14-7-13(10-3-1-2-4-11(10)14)18(22)20-8-15-17(19(23)24)12-5-6-25-9-16(12)26-15/h1-4,13H,5-9H2,(H,20,22)(H,23,24). The number of nitrogens with one attached hydrogen (secondary N) is 1. The zero-order valence-electron chi connectivity index (χ0n) is 13.9. The molecule has 0 bridgehead atoms. The van der Waals surface area contributed by atoms with Gasteiger partial charge in [-0.1, -0.05) is 24.3 Å². The molecule has 2 aliphatic rings. The maximum absolute atomic E-state index is 12.6. The molecule has 0 fully saturated rings. The zero-order valence-corrected chi connectivity index (χ0v) is 14.7. The number of aromatic carboxylic acids is 1. The minimum Gasteiger partial charge on any atom is -0.478 e. The normalized spacial score (nSPS) is 18.3. The minimum absolute atomic E-state index is 0.0317. The predicted octanol–water partition coefficient (Wildman–Crippen LogP) is 2.51. The van der Waals surface area contributed by atoms with Crippen molar-refractivity contribution >= 4 is 29.0 Å². The third-order valence-corrected chi connectivity index (χ3v) is 6.08. The maximum atomic E-state index is 12.6. The van der Waals surface area contributed by atoms with Crippen LogP contribution in [0.5, 0.6) is 0 Å². The Bertz CT molecular complexity index is 917. The summed E-state index contributed by atoms with van der Waals surface area (Å²) in [5.41, 5.74) is 2.45. The monoisotopic (exact) mass is 371 g/mol. The third-order valence-electron chi connectivity index (χ3n) is 4.87. The number of hydrogen-bond donors (Lipinski definition) is 2. The van der Waals surface area contributed by atoms with Gasteiger partial charge in [-0.05, 0) is 17.5 Å². The zero-order chi connectivity index (χ0) is 18.3. The van der Waals surface area contributed by atoms with Crippen LogP contribution >= 0.6 is 11.3 Å². The summed E-state index contributed by atoms with van der Waals surface area (Å²) in [7, 11) is 0. The summed E-state index contributed by atoms with van der Waals surface area (Å²) < 4.78 is 5.39. The quantitative estimate of drug-likeness (QED) is 0.861. The van der Waals surface area contributed by atoms with Crippen molar-refractivity contribution in [1.29, 1.82) is 0 Å². The second kappa shape index (κ2) is 6.66. The number of rotatable bonds is 4. The molecule has 2 N–H and O–H groups in total. The summed E-state index contributed by atoms with van der Waals surface area (Å²) in [4.78, 5) is 37.9. The first-order chi connectivity index (χ1) is 12.6. The fourth-order valence-corrected chi connectivity index (χ4v) is 4.87. The van der Waals surface area contributed by atoms with Gasteiger partial charge >= 0.3 is 5.97 Å². The van der Waals surface area contributed by atoms with Crippen LogP contribution in [0.2, 0.25) is 0 Å². The number of ether oxygens (including phenoxy) is 1.